The number of hydrogen-bond acceptors (Lipinski definition) is 5. The third-order valence-corrected chi connectivity index (χ3v) is 3.07. The van der Waals surface area contributed by atoms with Crippen LogP contribution in [0.1, 0.15) is 5.56 Å². The van der Waals surface area contributed by atoms with Gasteiger partial charge in [0.2, 0.25) is 11.6 Å². The Morgan fingerprint density at radius 3 is 2.63 bits per heavy atom. The van der Waals surface area contributed by atoms with Crippen molar-refractivity contribution in [2.75, 3.05) is 17.7 Å². The summed E-state index contributed by atoms with van der Waals surface area (Å²) >= 11 is 0. The number of aryl methyl sites for hydroxylation is 1. The Hall–Kier alpha value is -2.63. The van der Waals surface area contributed by atoms with Crippen LogP contribution < -0.4 is 10.6 Å². The van der Waals surface area contributed by atoms with Crippen molar-refractivity contribution in [1.29, 1.82) is 0 Å². The van der Waals surface area contributed by atoms with E-state index in [4.69, 9.17) is 5.73 Å². The molecular formula is C13H14N6. The summed E-state index contributed by atoms with van der Waals surface area (Å²) in [5.41, 5.74) is 8.64. The van der Waals surface area contributed by atoms with Crippen LogP contribution in [-0.2, 0) is 0 Å². The summed E-state index contributed by atoms with van der Waals surface area (Å²) in [6.07, 6.45) is 3.43. The number of rotatable bonds is 2. The molecule has 0 aliphatic heterocycles. The minimum absolute atomic E-state index is 0.357. The summed E-state index contributed by atoms with van der Waals surface area (Å²) in [5.74, 6) is 1.08. The fourth-order valence-corrected chi connectivity index (χ4v) is 1.96. The molecule has 0 unspecified atom stereocenters. The van der Waals surface area contributed by atoms with Gasteiger partial charge in [0, 0.05) is 25.1 Å². The van der Waals surface area contributed by atoms with Crippen molar-refractivity contribution in [3.63, 3.8) is 0 Å². The molecule has 0 fully saturated rings. The minimum Gasteiger partial charge on any atom is -0.368 e. The standard InChI is InChI=1S/C13H14N6/c1-9-3-5-10(6-4-9)18(2)11-12-16-17-13(14)19(12)8-7-15-11/h3-8H,1-2H3,(H2,14,17). The molecule has 0 bridgehead atoms. The quantitative estimate of drug-likeness (QED) is 0.754. The Morgan fingerprint density at radius 1 is 1.16 bits per heavy atom. The van der Waals surface area contributed by atoms with E-state index in [1.54, 1.807) is 16.8 Å². The molecule has 0 amide bonds. The maximum absolute atomic E-state index is 5.75. The molecule has 3 aromatic rings. The third kappa shape index (κ3) is 1.87. The first kappa shape index (κ1) is 11.5. The second-order valence-electron chi connectivity index (χ2n) is 4.40. The highest BCUT2D eigenvalue weighted by molar-refractivity contribution is 5.72. The van der Waals surface area contributed by atoms with Crippen LogP contribution in [0, 0.1) is 6.92 Å². The van der Waals surface area contributed by atoms with E-state index in [9.17, 15) is 0 Å². The largest absolute Gasteiger partial charge is 0.368 e. The van der Waals surface area contributed by atoms with Crippen LogP contribution in [0.2, 0.25) is 0 Å². The van der Waals surface area contributed by atoms with E-state index < -0.39 is 0 Å². The van der Waals surface area contributed by atoms with E-state index in [0.717, 1.165) is 11.5 Å². The molecule has 0 atom stereocenters. The van der Waals surface area contributed by atoms with Gasteiger partial charge in [-0.25, -0.2) is 4.98 Å². The fraction of sp³-hybridized carbons (Fsp3) is 0.154. The van der Waals surface area contributed by atoms with Crippen molar-refractivity contribution >= 4 is 23.1 Å². The zero-order chi connectivity index (χ0) is 13.4. The lowest BCUT2D eigenvalue weighted by atomic mass is 10.2. The Morgan fingerprint density at radius 2 is 1.89 bits per heavy atom. The van der Waals surface area contributed by atoms with Crippen molar-refractivity contribution in [3.8, 4) is 0 Å². The molecule has 2 heterocycles. The first-order chi connectivity index (χ1) is 9.16. The SMILES string of the molecule is Cc1ccc(N(C)c2nccn3c(N)nnc23)cc1. The van der Waals surface area contributed by atoms with Crippen LogP contribution in [0.25, 0.3) is 5.65 Å². The van der Waals surface area contributed by atoms with Gasteiger partial charge in [-0.05, 0) is 19.1 Å². The Kier molecular flexibility index (Phi) is 2.56. The van der Waals surface area contributed by atoms with Gasteiger partial charge in [0.25, 0.3) is 0 Å². The highest BCUT2D eigenvalue weighted by atomic mass is 15.3. The summed E-state index contributed by atoms with van der Waals surface area (Å²) in [6.45, 7) is 2.06. The van der Waals surface area contributed by atoms with E-state index in [2.05, 4.69) is 34.2 Å². The van der Waals surface area contributed by atoms with Crippen LogP contribution >= 0.6 is 0 Å². The molecule has 0 radical (unpaired) electrons. The van der Waals surface area contributed by atoms with Gasteiger partial charge in [0.15, 0.2) is 5.82 Å². The molecule has 2 aromatic heterocycles. The highest BCUT2D eigenvalue weighted by Gasteiger charge is 2.13. The molecule has 0 saturated heterocycles. The normalized spacial score (nSPS) is 10.8. The zero-order valence-electron chi connectivity index (χ0n) is 10.8. The predicted molar refractivity (Wildman–Crippen MR) is 74.4 cm³/mol. The first-order valence-electron chi connectivity index (χ1n) is 5.92. The number of aromatic nitrogens is 4. The third-order valence-electron chi connectivity index (χ3n) is 3.07. The first-order valence-corrected chi connectivity index (χ1v) is 5.92. The van der Waals surface area contributed by atoms with Crippen molar-refractivity contribution in [1.82, 2.24) is 19.6 Å². The molecule has 19 heavy (non-hydrogen) atoms. The van der Waals surface area contributed by atoms with Crippen LogP contribution in [0.4, 0.5) is 17.5 Å². The lowest BCUT2D eigenvalue weighted by Gasteiger charge is -2.18. The molecule has 96 valence electrons. The topological polar surface area (TPSA) is 72.3 Å². The summed E-state index contributed by atoms with van der Waals surface area (Å²) in [7, 11) is 1.94. The van der Waals surface area contributed by atoms with Gasteiger partial charge < -0.3 is 10.6 Å². The van der Waals surface area contributed by atoms with Crippen molar-refractivity contribution in [2.45, 2.75) is 6.92 Å². The van der Waals surface area contributed by atoms with Crippen molar-refractivity contribution < 1.29 is 0 Å². The smallest absolute Gasteiger partial charge is 0.226 e. The molecule has 0 spiro atoms. The number of nitrogens with two attached hydrogens (primary N) is 1. The summed E-state index contributed by atoms with van der Waals surface area (Å²) in [5, 5.41) is 7.94. The number of hydrogen-bond donors (Lipinski definition) is 1. The van der Waals surface area contributed by atoms with E-state index in [0.29, 0.717) is 11.6 Å². The molecular weight excluding hydrogens is 240 g/mol. The zero-order valence-corrected chi connectivity index (χ0v) is 10.8. The maximum Gasteiger partial charge on any atom is 0.226 e. The van der Waals surface area contributed by atoms with Crippen LogP contribution in [0.5, 0.6) is 0 Å². The summed E-state index contributed by atoms with van der Waals surface area (Å²) in [6, 6.07) is 8.20. The van der Waals surface area contributed by atoms with Gasteiger partial charge >= 0.3 is 0 Å². The molecule has 6 nitrogen and oxygen atoms in total. The second-order valence-corrected chi connectivity index (χ2v) is 4.40. The van der Waals surface area contributed by atoms with Crippen LogP contribution in [0.15, 0.2) is 36.7 Å². The molecule has 6 heteroatoms. The predicted octanol–water partition coefficient (Wildman–Crippen LogP) is 1.78. The molecule has 3 rings (SSSR count). The number of fused-ring (bicyclic) bond motifs is 1. The van der Waals surface area contributed by atoms with Gasteiger partial charge in [-0.1, -0.05) is 17.7 Å². The van der Waals surface area contributed by atoms with Gasteiger partial charge in [0.1, 0.15) is 0 Å². The Bertz CT molecular complexity index is 716. The number of benzene rings is 1. The van der Waals surface area contributed by atoms with E-state index in [1.807, 2.05) is 24.1 Å². The number of nitrogens with zero attached hydrogens (tertiary/aromatic N) is 5. The van der Waals surface area contributed by atoms with Crippen LogP contribution in [0.3, 0.4) is 0 Å². The number of anilines is 3. The Labute approximate surface area is 110 Å². The van der Waals surface area contributed by atoms with E-state index in [-0.39, 0.29) is 0 Å². The van der Waals surface area contributed by atoms with Gasteiger partial charge in [-0.2, -0.15) is 0 Å². The minimum atomic E-state index is 0.357. The van der Waals surface area contributed by atoms with Gasteiger partial charge in [-0.15, -0.1) is 10.2 Å². The lowest BCUT2D eigenvalue weighted by Crippen LogP contribution is -2.12. The van der Waals surface area contributed by atoms with E-state index in [1.165, 1.54) is 5.56 Å². The fourth-order valence-electron chi connectivity index (χ4n) is 1.96. The van der Waals surface area contributed by atoms with Crippen molar-refractivity contribution in [2.24, 2.45) is 0 Å². The average Bonchev–Trinajstić information content (AvgIpc) is 2.81. The molecule has 0 saturated carbocycles. The van der Waals surface area contributed by atoms with Crippen molar-refractivity contribution in [3.05, 3.63) is 42.2 Å². The maximum atomic E-state index is 5.75. The molecule has 0 aliphatic carbocycles. The van der Waals surface area contributed by atoms with E-state index >= 15 is 0 Å². The summed E-state index contributed by atoms with van der Waals surface area (Å²) < 4.78 is 1.72. The average molecular weight is 254 g/mol. The molecule has 1 aromatic carbocycles. The number of nitrogen functional groups attached to an aromatic ring is 1. The highest BCUT2D eigenvalue weighted by Crippen LogP contribution is 2.25. The molecule has 2 N–H and O–H groups in total. The van der Waals surface area contributed by atoms with Gasteiger partial charge in [-0.3, -0.25) is 4.40 Å². The summed E-state index contributed by atoms with van der Waals surface area (Å²) in [4.78, 5) is 6.33. The van der Waals surface area contributed by atoms with Gasteiger partial charge in [0.05, 0.1) is 0 Å². The van der Waals surface area contributed by atoms with Crippen LogP contribution in [-0.4, -0.2) is 26.6 Å². The Balaban J connectivity index is 2.11. The monoisotopic (exact) mass is 254 g/mol. The second kappa shape index (κ2) is 4.24. The lowest BCUT2D eigenvalue weighted by molar-refractivity contribution is 1.07. The molecule has 0 aliphatic rings.